The van der Waals surface area contributed by atoms with Gasteiger partial charge in [-0.25, -0.2) is 0 Å². The maximum absolute atomic E-state index is 6.43. The van der Waals surface area contributed by atoms with Crippen LogP contribution in [0, 0.1) is 0 Å². The molecule has 2 heteroatoms. The molecule has 1 aromatic rings. The van der Waals surface area contributed by atoms with Crippen LogP contribution in [-0.4, -0.2) is 12.2 Å². The summed E-state index contributed by atoms with van der Waals surface area (Å²) in [5, 5.41) is -0.0359. The molecule has 1 fully saturated rings. The Morgan fingerprint density at radius 3 is 2.64 bits per heavy atom. The van der Waals surface area contributed by atoms with E-state index >= 15 is 0 Å². The lowest BCUT2D eigenvalue weighted by Crippen LogP contribution is -2.28. The monoisotopic (exact) mass is 210 g/mol. The van der Waals surface area contributed by atoms with E-state index in [0.29, 0.717) is 0 Å². The van der Waals surface area contributed by atoms with Crippen molar-refractivity contribution >= 4 is 11.6 Å². The summed E-state index contributed by atoms with van der Waals surface area (Å²) in [6.07, 6.45) is 2.17. The van der Waals surface area contributed by atoms with E-state index in [1.54, 1.807) is 0 Å². The molecule has 0 N–H and O–H groups in total. The summed E-state index contributed by atoms with van der Waals surface area (Å²) < 4.78 is 5.72. The number of benzene rings is 1. The minimum Gasteiger partial charge on any atom is -0.373 e. The van der Waals surface area contributed by atoms with Gasteiger partial charge in [0.1, 0.15) is 0 Å². The van der Waals surface area contributed by atoms with E-state index in [1.807, 2.05) is 18.2 Å². The summed E-state index contributed by atoms with van der Waals surface area (Å²) in [6.45, 7) is 2.94. The zero-order chi connectivity index (χ0) is 10.0. The molecule has 14 heavy (non-hydrogen) atoms. The molecule has 0 radical (unpaired) electrons. The summed E-state index contributed by atoms with van der Waals surface area (Å²) >= 11 is 6.43. The Bertz CT molecular complexity index is 290. The van der Waals surface area contributed by atoms with Gasteiger partial charge in [0.2, 0.25) is 0 Å². The summed E-state index contributed by atoms with van der Waals surface area (Å²) in [4.78, 5) is 0. The third kappa shape index (κ3) is 1.79. The van der Waals surface area contributed by atoms with E-state index in [-0.39, 0.29) is 11.0 Å². The number of alkyl halides is 1. The van der Waals surface area contributed by atoms with Crippen molar-refractivity contribution in [2.45, 2.75) is 30.7 Å². The molecule has 1 aliphatic heterocycles. The molecule has 2 unspecified atom stereocenters. The Morgan fingerprint density at radius 1 is 1.36 bits per heavy atom. The Balaban J connectivity index is 2.19. The number of halogens is 1. The zero-order valence-electron chi connectivity index (χ0n) is 8.37. The van der Waals surface area contributed by atoms with Gasteiger partial charge in [-0.1, -0.05) is 30.3 Å². The van der Waals surface area contributed by atoms with Crippen LogP contribution in [0.1, 0.15) is 30.7 Å². The standard InChI is InChI=1S/C12H15ClO/c1-12(8-5-9-14-12)11(13)10-6-3-2-4-7-10/h2-4,6-7,11H,5,8-9H2,1H3. The summed E-state index contributed by atoms with van der Waals surface area (Å²) in [7, 11) is 0. The van der Waals surface area contributed by atoms with Gasteiger partial charge in [0, 0.05) is 6.61 Å². The molecule has 0 aromatic heterocycles. The van der Waals surface area contributed by atoms with Crippen molar-refractivity contribution in [3.05, 3.63) is 35.9 Å². The molecule has 2 rings (SSSR count). The molecular formula is C12H15ClO. The average Bonchev–Trinajstić information content (AvgIpc) is 2.67. The molecule has 0 aliphatic carbocycles. The smallest absolute Gasteiger partial charge is 0.0872 e. The maximum atomic E-state index is 6.43. The highest BCUT2D eigenvalue weighted by Gasteiger charge is 2.37. The normalized spacial score (nSPS) is 29.0. The molecule has 0 spiro atoms. The number of hydrogen-bond acceptors (Lipinski definition) is 1. The molecule has 1 heterocycles. The van der Waals surface area contributed by atoms with Gasteiger partial charge in [0.15, 0.2) is 0 Å². The van der Waals surface area contributed by atoms with Gasteiger partial charge in [-0.15, -0.1) is 11.6 Å². The Labute approximate surface area is 90.0 Å². The zero-order valence-corrected chi connectivity index (χ0v) is 9.13. The fraction of sp³-hybridized carbons (Fsp3) is 0.500. The van der Waals surface area contributed by atoms with E-state index in [1.165, 1.54) is 0 Å². The van der Waals surface area contributed by atoms with Gasteiger partial charge in [-0.2, -0.15) is 0 Å². The Hall–Kier alpha value is -0.530. The highest BCUT2D eigenvalue weighted by molar-refractivity contribution is 6.21. The summed E-state index contributed by atoms with van der Waals surface area (Å²) in [5.74, 6) is 0. The Morgan fingerprint density at radius 2 is 2.07 bits per heavy atom. The number of rotatable bonds is 2. The van der Waals surface area contributed by atoms with E-state index in [2.05, 4.69) is 19.1 Å². The van der Waals surface area contributed by atoms with Gasteiger partial charge in [-0.3, -0.25) is 0 Å². The molecule has 1 saturated heterocycles. The predicted molar refractivity (Wildman–Crippen MR) is 58.6 cm³/mol. The van der Waals surface area contributed by atoms with Crippen LogP contribution in [0.15, 0.2) is 30.3 Å². The van der Waals surface area contributed by atoms with Crippen molar-refractivity contribution in [2.75, 3.05) is 6.61 Å². The van der Waals surface area contributed by atoms with Crippen LogP contribution in [-0.2, 0) is 4.74 Å². The van der Waals surface area contributed by atoms with E-state index < -0.39 is 0 Å². The van der Waals surface area contributed by atoms with Crippen LogP contribution in [0.2, 0.25) is 0 Å². The van der Waals surface area contributed by atoms with Crippen LogP contribution in [0.3, 0.4) is 0 Å². The topological polar surface area (TPSA) is 9.23 Å². The molecule has 1 nitrogen and oxygen atoms in total. The minimum absolute atomic E-state index is 0.0359. The van der Waals surface area contributed by atoms with Crippen molar-refractivity contribution < 1.29 is 4.74 Å². The minimum atomic E-state index is -0.178. The van der Waals surface area contributed by atoms with Crippen LogP contribution in [0.5, 0.6) is 0 Å². The molecule has 2 atom stereocenters. The highest BCUT2D eigenvalue weighted by atomic mass is 35.5. The van der Waals surface area contributed by atoms with Crippen LogP contribution in [0.4, 0.5) is 0 Å². The van der Waals surface area contributed by atoms with E-state index in [4.69, 9.17) is 16.3 Å². The third-order valence-electron chi connectivity index (χ3n) is 2.88. The first-order chi connectivity index (χ1) is 6.72. The third-order valence-corrected chi connectivity index (χ3v) is 3.59. The lowest BCUT2D eigenvalue weighted by Gasteiger charge is -2.29. The molecule has 0 saturated carbocycles. The van der Waals surface area contributed by atoms with Gasteiger partial charge in [0.25, 0.3) is 0 Å². The Kier molecular flexibility index (Phi) is 2.80. The van der Waals surface area contributed by atoms with Crippen molar-refractivity contribution in [3.63, 3.8) is 0 Å². The second kappa shape index (κ2) is 3.92. The van der Waals surface area contributed by atoms with Crippen LogP contribution >= 0.6 is 11.6 Å². The lowest BCUT2D eigenvalue weighted by atomic mass is 9.93. The van der Waals surface area contributed by atoms with E-state index in [0.717, 1.165) is 25.0 Å². The number of hydrogen-bond donors (Lipinski definition) is 0. The summed E-state index contributed by atoms with van der Waals surface area (Å²) in [5.41, 5.74) is 0.974. The lowest BCUT2D eigenvalue weighted by molar-refractivity contribution is 0.0164. The first-order valence-corrected chi connectivity index (χ1v) is 5.49. The van der Waals surface area contributed by atoms with Gasteiger partial charge in [0.05, 0.1) is 11.0 Å². The largest absolute Gasteiger partial charge is 0.373 e. The summed E-state index contributed by atoms with van der Waals surface area (Å²) in [6, 6.07) is 10.2. The van der Waals surface area contributed by atoms with Crippen molar-refractivity contribution in [1.82, 2.24) is 0 Å². The maximum Gasteiger partial charge on any atom is 0.0872 e. The second-order valence-electron chi connectivity index (χ2n) is 4.04. The first-order valence-electron chi connectivity index (χ1n) is 5.05. The highest BCUT2D eigenvalue weighted by Crippen LogP contribution is 2.41. The molecule has 1 aliphatic rings. The van der Waals surface area contributed by atoms with Gasteiger partial charge in [-0.05, 0) is 25.3 Å². The quantitative estimate of drug-likeness (QED) is 0.679. The fourth-order valence-corrected chi connectivity index (χ4v) is 2.29. The SMILES string of the molecule is CC1(C(Cl)c2ccccc2)CCCO1. The van der Waals surface area contributed by atoms with Gasteiger partial charge < -0.3 is 4.74 Å². The molecule has 0 bridgehead atoms. The molecule has 0 amide bonds. The predicted octanol–water partition coefficient (Wildman–Crippen LogP) is 3.54. The van der Waals surface area contributed by atoms with Crippen LogP contribution in [0.25, 0.3) is 0 Å². The van der Waals surface area contributed by atoms with Gasteiger partial charge >= 0.3 is 0 Å². The molecule has 1 aromatic carbocycles. The average molecular weight is 211 g/mol. The van der Waals surface area contributed by atoms with Crippen molar-refractivity contribution in [3.8, 4) is 0 Å². The second-order valence-corrected chi connectivity index (χ2v) is 4.47. The number of ether oxygens (including phenoxy) is 1. The van der Waals surface area contributed by atoms with Crippen molar-refractivity contribution in [2.24, 2.45) is 0 Å². The molecule has 76 valence electrons. The first kappa shape index (κ1) is 10.0. The van der Waals surface area contributed by atoms with E-state index in [9.17, 15) is 0 Å². The van der Waals surface area contributed by atoms with Crippen molar-refractivity contribution in [1.29, 1.82) is 0 Å². The molecular weight excluding hydrogens is 196 g/mol. The fourth-order valence-electron chi connectivity index (χ4n) is 1.98. The van der Waals surface area contributed by atoms with Crippen LogP contribution < -0.4 is 0 Å².